The zero-order valence-electron chi connectivity index (χ0n) is 19.3. The number of allylic oxidation sites excluding steroid dienone is 1. The Morgan fingerprint density at radius 1 is 1.06 bits per heavy atom. The molecule has 1 N–H and O–H groups in total. The van der Waals surface area contributed by atoms with Crippen molar-refractivity contribution in [3.8, 4) is 0 Å². The van der Waals surface area contributed by atoms with E-state index in [1.165, 1.54) is 4.90 Å². The van der Waals surface area contributed by atoms with Crippen molar-refractivity contribution in [2.75, 3.05) is 6.61 Å². The number of carbonyl (C=O) groups excluding carboxylic acids is 3. The zero-order valence-corrected chi connectivity index (χ0v) is 19.3. The maximum absolute atomic E-state index is 13.3. The summed E-state index contributed by atoms with van der Waals surface area (Å²) in [5.74, 6) is -1.29. The Hall–Kier alpha value is -2.83. The van der Waals surface area contributed by atoms with Crippen LogP contribution in [0.4, 0.5) is 4.79 Å². The van der Waals surface area contributed by atoms with E-state index in [1.807, 2.05) is 20.8 Å². The van der Waals surface area contributed by atoms with Gasteiger partial charge in [0.05, 0.1) is 22.9 Å². The Kier molecular flexibility index (Phi) is 5.55. The quantitative estimate of drug-likeness (QED) is 0.511. The van der Waals surface area contributed by atoms with Gasteiger partial charge in [-0.05, 0) is 42.2 Å². The van der Waals surface area contributed by atoms with Gasteiger partial charge < -0.3 is 9.84 Å². The summed E-state index contributed by atoms with van der Waals surface area (Å²) in [5, 5.41) is 11.5. The van der Waals surface area contributed by atoms with Gasteiger partial charge in [-0.25, -0.2) is 14.6 Å². The first-order chi connectivity index (χ1) is 15.0. The molecule has 7 heteroatoms. The summed E-state index contributed by atoms with van der Waals surface area (Å²) < 4.78 is 5.27. The number of aliphatic hydroxyl groups is 1. The molecule has 32 heavy (non-hydrogen) atoms. The molecule has 2 aliphatic heterocycles. The van der Waals surface area contributed by atoms with Crippen molar-refractivity contribution in [3.05, 3.63) is 47.0 Å². The molecule has 172 valence electrons. The Bertz CT molecular complexity index is 949. The minimum atomic E-state index is -0.662. The van der Waals surface area contributed by atoms with E-state index >= 15 is 0 Å². The summed E-state index contributed by atoms with van der Waals surface area (Å²) in [6, 6.07) is 6.25. The van der Waals surface area contributed by atoms with Crippen molar-refractivity contribution in [1.82, 2.24) is 9.80 Å². The molecule has 1 aromatic carbocycles. The molecule has 1 saturated carbocycles. The summed E-state index contributed by atoms with van der Waals surface area (Å²) in [4.78, 5) is 41.6. The molecule has 4 rings (SSSR count). The number of ether oxygens (including phenoxy) is 1. The van der Waals surface area contributed by atoms with Crippen molar-refractivity contribution in [2.45, 2.75) is 72.3 Å². The molecule has 1 aromatic rings. The van der Waals surface area contributed by atoms with E-state index in [1.54, 1.807) is 24.3 Å². The van der Waals surface area contributed by atoms with E-state index < -0.39 is 23.9 Å². The molecule has 7 nitrogen and oxygen atoms in total. The highest BCUT2D eigenvalue weighted by Crippen LogP contribution is 2.44. The van der Waals surface area contributed by atoms with Crippen LogP contribution in [0.3, 0.4) is 0 Å². The number of aliphatic hydroxyl groups excluding tert-OH is 1. The second-order valence-electron chi connectivity index (χ2n) is 10.6. The second-order valence-corrected chi connectivity index (χ2v) is 10.6. The normalized spacial score (nSPS) is 23.9. The van der Waals surface area contributed by atoms with E-state index in [0.717, 1.165) is 37.0 Å². The van der Waals surface area contributed by atoms with Gasteiger partial charge in [-0.3, -0.25) is 9.59 Å². The van der Waals surface area contributed by atoms with Crippen LogP contribution in [0, 0.1) is 10.8 Å². The van der Waals surface area contributed by atoms with Crippen LogP contribution in [0.15, 0.2) is 35.8 Å². The highest BCUT2D eigenvalue weighted by atomic mass is 16.6. The molecule has 0 bridgehead atoms. The van der Waals surface area contributed by atoms with Crippen molar-refractivity contribution in [1.29, 1.82) is 0 Å². The van der Waals surface area contributed by atoms with Crippen LogP contribution in [0.25, 0.3) is 0 Å². The van der Waals surface area contributed by atoms with Crippen LogP contribution in [0.2, 0.25) is 0 Å². The van der Waals surface area contributed by atoms with Crippen molar-refractivity contribution >= 4 is 17.9 Å². The summed E-state index contributed by atoms with van der Waals surface area (Å²) in [6.45, 7) is 8.15. The van der Waals surface area contributed by atoms with Crippen LogP contribution in [-0.2, 0) is 4.74 Å². The SMILES string of the molecule is CC1(C/C(=C(\O)N2C(=O)OC[C@@H]2C(C)(C)C)N2C(=O)c3ccccc3C2=O)CCCCC1. The third-order valence-electron chi connectivity index (χ3n) is 7.08. The van der Waals surface area contributed by atoms with E-state index in [-0.39, 0.29) is 29.0 Å². The van der Waals surface area contributed by atoms with E-state index in [9.17, 15) is 19.5 Å². The number of cyclic esters (lactones) is 1. The molecule has 0 spiro atoms. The summed E-state index contributed by atoms with van der Waals surface area (Å²) in [5.41, 5.74) is 0.259. The lowest BCUT2D eigenvalue weighted by Crippen LogP contribution is -2.44. The molecule has 0 aromatic heterocycles. The number of nitrogens with zero attached hydrogens (tertiary/aromatic N) is 2. The van der Waals surface area contributed by atoms with Crippen molar-refractivity contribution < 1.29 is 24.2 Å². The summed E-state index contributed by atoms with van der Waals surface area (Å²) in [6.07, 6.45) is 4.79. The van der Waals surface area contributed by atoms with Gasteiger partial charge in [-0.2, -0.15) is 0 Å². The van der Waals surface area contributed by atoms with Crippen LogP contribution in [0.5, 0.6) is 0 Å². The standard InChI is InChI=1S/C25H32N2O5/c1-24(2,3)19-15-32-23(31)27(19)22(30)18(14-25(4)12-8-5-9-13-25)26-20(28)16-10-6-7-11-17(16)21(26)29/h6-7,10-11,19,30H,5,8-9,12-15H2,1-4H3/b22-18+/t19-/m1/s1. The Morgan fingerprint density at radius 3 is 2.16 bits per heavy atom. The molecule has 1 atom stereocenters. The number of hydrogen-bond acceptors (Lipinski definition) is 5. The fourth-order valence-corrected chi connectivity index (χ4v) is 5.11. The largest absolute Gasteiger partial charge is 0.493 e. The molecule has 0 unspecified atom stereocenters. The minimum Gasteiger partial charge on any atom is -0.493 e. The number of carbonyl (C=O) groups is 3. The first-order valence-electron chi connectivity index (χ1n) is 11.4. The number of amides is 3. The molecule has 3 amide bonds. The van der Waals surface area contributed by atoms with Gasteiger partial charge >= 0.3 is 6.09 Å². The molecular weight excluding hydrogens is 408 g/mol. The Morgan fingerprint density at radius 2 is 1.62 bits per heavy atom. The minimum absolute atomic E-state index is 0.138. The predicted octanol–water partition coefficient (Wildman–Crippen LogP) is 5.24. The highest BCUT2D eigenvalue weighted by Gasteiger charge is 2.47. The van der Waals surface area contributed by atoms with E-state index in [2.05, 4.69) is 6.92 Å². The number of fused-ring (bicyclic) bond motifs is 1. The van der Waals surface area contributed by atoms with E-state index in [0.29, 0.717) is 17.5 Å². The summed E-state index contributed by atoms with van der Waals surface area (Å²) >= 11 is 0. The van der Waals surface area contributed by atoms with Crippen LogP contribution >= 0.6 is 0 Å². The monoisotopic (exact) mass is 440 g/mol. The smallest absolute Gasteiger partial charge is 0.417 e. The molecule has 1 aliphatic carbocycles. The lowest BCUT2D eigenvalue weighted by Gasteiger charge is -2.38. The van der Waals surface area contributed by atoms with Crippen LogP contribution in [0.1, 0.15) is 86.9 Å². The molecule has 1 saturated heterocycles. The third-order valence-corrected chi connectivity index (χ3v) is 7.08. The third kappa shape index (κ3) is 3.78. The average Bonchev–Trinajstić information content (AvgIpc) is 3.25. The number of rotatable bonds is 4. The first kappa shape index (κ1) is 22.4. The van der Waals surface area contributed by atoms with Gasteiger partial charge in [0.25, 0.3) is 11.8 Å². The lowest BCUT2D eigenvalue weighted by molar-refractivity contribution is 0.0639. The van der Waals surface area contributed by atoms with E-state index in [4.69, 9.17) is 4.74 Å². The average molecular weight is 441 g/mol. The maximum atomic E-state index is 13.3. The fourth-order valence-electron chi connectivity index (χ4n) is 5.11. The Balaban J connectivity index is 1.82. The molecule has 2 fully saturated rings. The zero-order chi connectivity index (χ0) is 23.3. The van der Waals surface area contributed by atoms with Crippen molar-refractivity contribution in [3.63, 3.8) is 0 Å². The molecule has 2 heterocycles. The topological polar surface area (TPSA) is 87.2 Å². The number of imide groups is 1. The van der Waals surface area contributed by atoms with Gasteiger partial charge in [0.2, 0.25) is 5.88 Å². The fraction of sp³-hybridized carbons (Fsp3) is 0.560. The second kappa shape index (κ2) is 7.94. The van der Waals surface area contributed by atoms with Gasteiger partial charge in [0, 0.05) is 0 Å². The number of benzene rings is 1. The van der Waals surface area contributed by atoms with Gasteiger partial charge in [-0.1, -0.05) is 59.1 Å². The summed E-state index contributed by atoms with van der Waals surface area (Å²) in [7, 11) is 0. The van der Waals surface area contributed by atoms with Gasteiger partial charge in [0.1, 0.15) is 6.61 Å². The predicted molar refractivity (Wildman–Crippen MR) is 119 cm³/mol. The van der Waals surface area contributed by atoms with Crippen LogP contribution in [-0.4, -0.2) is 45.5 Å². The number of hydrogen-bond donors (Lipinski definition) is 1. The van der Waals surface area contributed by atoms with Gasteiger partial charge in [0.15, 0.2) is 0 Å². The van der Waals surface area contributed by atoms with Gasteiger partial charge in [-0.15, -0.1) is 0 Å². The maximum Gasteiger partial charge on any atom is 0.417 e. The molecule has 3 aliphatic rings. The van der Waals surface area contributed by atoms with Crippen LogP contribution < -0.4 is 0 Å². The highest BCUT2D eigenvalue weighted by molar-refractivity contribution is 6.22. The first-order valence-corrected chi connectivity index (χ1v) is 11.4. The lowest BCUT2D eigenvalue weighted by atomic mass is 9.72. The molecular formula is C25H32N2O5. The van der Waals surface area contributed by atoms with Crippen molar-refractivity contribution in [2.24, 2.45) is 10.8 Å². The Labute approximate surface area is 189 Å². The molecule has 0 radical (unpaired) electrons.